The molecular formula is C19H16ClF2N3O4S. The summed E-state index contributed by atoms with van der Waals surface area (Å²) in [7, 11) is -3.86. The van der Waals surface area contributed by atoms with Gasteiger partial charge in [-0.2, -0.15) is 0 Å². The van der Waals surface area contributed by atoms with Crippen LogP contribution in [0.15, 0.2) is 47.1 Å². The molecule has 1 unspecified atom stereocenters. The molecule has 1 atom stereocenters. The number of sulfonamides is 1. The summed E-state index contributed by atoms with van der Waals surface area (Å²) in [5, 5.41) is 3.03. The normalized spacial score (nSPS) is 12.4. The molecule has 2 aromatic carbocycles. The van der Waals surface area contributed by atoms with Gasteiger partial charge >= 0.3 is 0 Å². The third-order valence-electron chi connectivity index (χ3n) is 4.01. The minimum Gasteiger partial charge on any atom is -0.444 e. The molecule has 0 aliphatic heterocycles. The molecule has 3 rings (SSSR count). The highest BCUT2D eigenvalue weighted by atomic mass is 35.5. The maximum Gasteiger partial charge on any atom is 0.273 e. The highest BCUT2D eigenvalue weighted by Gasteiger charge is 2.20. The lowest BCUT2D eigenvalue weighted by atomic mass is 10.1. The Morgan fingerprint density at radius 3 is 2.47 bits per heavy atom. The lowest BCUT2D eigenvalue weighted by Gasteiger charge is -2.15. The van der Waals surface area contributed by atoms with Gasteiger partial charge in [-0.1, -0.05) is 17.7 Å². The Balaban J connectivity index is 1.76. The molecule has 0 radical (unpaired) electrons. The SMILES string of the molecule is CC(NC(=O)c1coc(-c2cccc(Cl)c2)n1)c1cc(F)c(NS(C)(=O)=O)c(F)c1. The van der Waals surface area contributed by atoms with Crippen molar-refractivity contribution < 1.29 is 26.4 Å². The second-order valence-electron chi connectivity index (χ2n) is 6.48. The number of aromatic nitrogens is 1. The molecule has 1 amide bonds. The molecule has 1 aromatic heterocycles. The Morgan fingerprint density at radius 1 is 1.20 bits per heavy atom. The van der Waals surface area contributed by atoms with Crippen molar-refractivity contribution in [2.45, 2.75) is 13.0 Å². The number of halogens is 3. The fourth-order valence-corrected chi connectivity index (χ4v) is 3.37. The van der Waals surface area contributed by atoms with Gasteiger partial charge in [-0.3, -0.25) is 9.52 Å². The molecule has 2 N–H and O–H groups in total. The summed E-state index contributed by atoms with van der Waals surface area (Å²) >= 11 is 5.92. The molecule has 0 saturated carbocycles. The first-order chi connectivity index (χ1) is 14.0. The molecule has 30 heavy (non-hydrogen) atoms. The second kappa shape index (κ2) is 8.41. The van der Waals surface area contributed by atoms with Crippen LogP contribution in [0.5, 0.6) is 0 Å². The van der Waals surface area contributed by atoms with Crippen LogP contribution in [0.25, 0.3) is 11.5 Å². The van der Waals surface area contributed by atoms with Gasteiger partial charge in [-0.05, 0) is 42.8 Å². The Kier molecular flexibility index (Phi) is 6.09. The molecule has 11 heteroatoms. The van der Waals surface area contributed by atoms with Crippen molar-refractivity contribution in [1.29, 1.82) is 0 Å². The minimum atomic E-state index is -3.86. The van der Waals surface area contributed by atoms with Crippen LogP contribution in [0.2, 0.25) is 5.02 Å². The van der Waals surface area contributed by atoms with Gasteiger partial charge in [-0.25, -0.2) is 22.2 Å². The van der Waals surface area contributed by atoms with Crippen molar-refractivity contribution in [3.05, 3.63) is 70.6 Å². The first-order valence-electron chi connectivity index (χ1n) is 8.52. The highest BCUT2D eigenvalue weighted by molar-refractivity contribution is 7.92. The van der Waals surface area contributed by atoms with Gasteiger partial charge in [0.15, 0.2) is 17.3 Å². The van der Waals surface area contributed by atoms with Crippen LogP contribution in [-0.2, 0) is 10.0 Å². The molecule has 3 aromatic rings. The summed E-state index contributed by atoms with van der Waals surface area (Å²) < 4.78 is 57.9. The fourth-order valence-electron chi connectivity index (χ4n) is 2.61. The van der Waals surface area contributed by atoms with Crippen LogP contribution in [0.4, 0.5) is 14.5 Å². The summed E-state index contributed by atoms with van der Waals surface area (Å²) in [6.07, 6.45) is 1.93. The number of anilines is 1. The summed E-state index contributed by atoms with van der Waals surface area (Å²) in [4.78, 5) is 16.5. The van der Waals surface area contributed by atoms with Gasteiger partial charge in [0.1, 0.15) is 12.0 Å². The van der Waals surface area contributed by atoms with Crippen molar-refractivity contribution in [2.24, 2.45) is 0 Å². The van der Waals surface area contributed by atoms with Gasteiger partial charge in [0, 0.05) is 10.6 Å². The van der Waals surface area contributed by atoms with Gasteiger partial charge < -0.3 is 9.73 Å². The maximum absolute atomic E-state index is 14.2. The van der Waals surface area contributed by atoms with Crippen LogP contribution in [0.1, 0.15) is 29.0 Å². The van der Waals surface area contributed by atoms with Crippen LogP contribution in [0.3, 0.4) is 0 Å². The Morgan fingerprint density at radius 2 is 1.87 bits per heavy atom. The van der Waals surface area contributed by atoms with E-state index in [0.717, 1.165) is 24.7 Å². The summed E-state index contributed by atoms with van der Waals surface area (Å²) in [6, 6.07) is 7.77. The Bertz CT molecular complexity index is 1190. The molecule has 0 bridgehead atoms. The zero-order chi connectivity index (χ0) is 22.1. The van der Waals surface area contributed by atoms with Crippen molar-refractivity contribution in [3.8, 4) is 11.5 Å². The van der Waals surface area contributed by atoms with E-state index < -0.39 is 39.3 Å². The van der Waals surface area contributed by atoms with Crippen molar-refractivity contribution in [1.82, 2.24) is 10.3 Å². The van der Waals surface area contributed by atoms with Gasteiger partial charge in [0.25, 0.3) is 5.91 Å². The zero-order valence-electron chi connectivity index (χ0n) is 15.7. The Labute approximate surface area is 176 Å². The predicted molar refractivity (Wildman–Crippen MR) is 108 cm³/mol. The number of hydrogen-bond acceptors (Lipinski definition) is 5. The number of rotatable bonds is 6. The van der Waals surface area contributed by atoms with Crippen molar-refractivity contribution in [3.63, 3.8) is 0 Å². The standard InChI is InChI=1S/C19H16ClF2N3O4S/c1-10(12-7-14(21)17(15(22)8-12)25-30(2,27)28)23-18(26)16-9-29-19(24-16)11-4-3-5-13(20)6-11/h3-10,25H,1-2H3,(H,23,26). The first kappa shape index (κ1) is 21.7. The maximum atomic E-state index is 14.2. The topological polar surface area (TPSA) is 101 Å². The van der Waals surface area contributed by atoms with E-state index in [1.807, 2.05) is 0 Å². The van der Waals surface area contributed by atoms with Gasteiger partial charge in [-0.15, -0.1) is 0 Å². The van der Waals surface area contributed by atoms with Gasteiger partial charge in [0.2, 0.25) is 15.9 Å². The Hall–Kier alpha value is -2.98. The highest BCUT2D eigenvalue weighted by Crippen LogP contribution is 2.26. The van der Waals surface area contributed by atoms with E-state index in [9.17, 15) is 22.0 Å². The third-order valence-corrected chi connectivity index (χ3v) is 4.82. The number of oxazole rings is 1. The number of amides is 1. The lowest BCUT2D eigenvalue weighted by Crippen LogP contribution is -2.27. The molecule has 0 aliphatic carbocycles. The smallest absolute Gasteiger partial charge is 0.273 e. The van der Waals surface area contributed by atoms with Crippen LogP contribution < -0.4 is 10.0 Å². The molecule has 0 aliphatic rings. The van der Waals surface area contributed by atoms with E-state index in [0.29, 0.717) is 10.6 Å². The second-order valence-corrected chi connectivity index (χ2v) is 8.66. The van der Waals surface area contributed by atoms with E-state index >= 15 is 0 Å². The fraction of sp³-hybridized carbons (Fsp3) is 0.158. The van der Waals surface area contributed by atoms with E-state index in [2.05, 4.69) is 10.3 Å². The number of hydrogen-bond donors (Lipinski definition) is 2. The first-order valence-corrected chi connectivity index (χ1v) is 10.8. The monoisotopic (exact) mass is 455 g/mol. The predicted octanol–water partition coefficient (Wildman–Crippen LogP) is 4.14. The zero-order valence-corrected chi connectivity index (χ0v) is 17.3. The quantitative estimate of drug-likeness (QED) is 0.581. The molecule has 1 heterocycles. The van der Waals surface area contributed by atoms with Crippen molar-refractivity contribution in [2.75, 3.05) is 11.0 Å². The van der Waals surface area contributed by atoms with Crippen LogP contribution in [0, 0.1) is 11.6 Å². The number of carbonyl (C=O) groups is 1. The molecule has 158 valence electrons. The largest absolute Gasteiger partial charge is 0.444 e. The number of benzene rings is 2. The van der Waals surface area contributed by atoms with Crippen LogP contribution >= 0.6 is 11.6 Å². The van der Waals surface area contributed by atoms with E-state index in [1.165, 1.54) is 6.92 Å². The van der Waals surface area contributed by atoms with Crippen LogP contribution in [-0.4, -0.2) is 25.6 Å². The number of nitrogens with one attached hydrogen (secondary N) is 2. The third kappa shape index (κ3) is 5.14. The molecule has 0 spiro atoms. The van der Waals surface area contributed by atoms with Crippen molar-refractivity contribution >= 4 is 33.2 Å². The number of carbonyl (C=O) groups excluding carboxylic acids is 1. The average molecular weight is 456 g/mol. The summed E-state index contributed by atoms with van der Waals surface area (Å²) in [6.45, 7) is 1.51. The van der Waals surface area contributed by atoms with E-state index in [4.69, 9.17) is 16.0 Å². The average Bonchev–Trinajstić information content (AvgIpc) is 3.14. The lowest BCUT2D eigenvalue weighted by molar-refractivity contribution is 0.0934. The van der Waals surface area contributed by atoms with E-state index in [1.54, 1.807) is 29.0 Å². The minimum absolute atomic E-state index is 0.0341. The van der Waals surface area contributed by atoms with Gasteiger partial charge in [0.05, 0.1) is 12.3 Å². The summed E-state index contributed by atoms with van der Waals surface area (Å²) in [5.74, 6) is -2.66. The van der Waals surface area contributed by atoms with E-state index in [-0.39, 0.29) is 17.1 Å². The molecule has 0 fully saturated rings. The summed E-state index contributed by atoms with van der Waals surface area (Å²) in [5.41, 5.74) is -0.153. The number of nitrogens with zero attached hydrogens (tertiary/aromatic N) is 1. The molecule has 7 nitrogen and oxygen atoms in total. The molecular weight excluding hydrogens is 440 g/mol. The molecule has 0 saturated heterocycles.